The second kappa shape index (κ2) is 7.55. The van der Waals surface area contributed by atoms with Gasteiger partial charge in [0.05, 0.1) is 19.3 Å². The SMILES string of the molecule is Cn1c(=O)c2c(nc(NC[C@@H](O)CO)n2Cc2ccccc2Cl)n(C)c1=O. The summed E-state index contributed by atoms with van der Waals surface area (Å²) in [6.45, 7) is -0.157. The molecule has 2 heterocycles. The zero-order chi connectivity index (χ0) is 19.7. The van der Waals surface area contributed by atoms with E-state index < -0.39 is 24.0 Å². The molecule has 1 aromatic carbocycles. The smallest absolute Gasteiger partial charge is 0.332 e. The van der Waals surface area contributed by atoms with Gasteiger partial charge < -0.3 is 15.5 Å². The number of imidazole rings is 1. The molecule has 27 heavy (non-hydrogen) atoms. The van der Waals surface area contributed by atoms with Crippen LogP contribution in [0.3, 0.4) is 0 Å². The number of anilines is 1. The number of aliphatic hydroxyl groups is 2. The van der Waals surface area contributed by atoms with Crippen LogP contribution in [0, 0.1) is 0 Å². The molecule has 0 aliphatic rings. The van der Waals surface area contributed by atoms with Gasteiger partial charge in [0.2, 0.25) is 5.95 Å². The highest BCUT2D eigenvalue weighted by Gasteiger charge is 2.20. The minimum absolute atomic E-state index is 0.0244. The van der Waals surface area contributed by atoms with Gasteiger partial charge in [-0.1, -0.05) is 29.8 Å². The van der Waals surface area contributed by atoms with Gasteiger partial charge in [0, 0.05) is 25.7 Å². The molecule has 144 valence electrons. The Hall–Kier alpha value is -2.62. The minimum atomic E-state index is -0.995. The van der Waals surface area contributed by atoms with Gasteiger partial charge in [0.25, 0.3) is 5.56 Å². The number of hydrogen-bond donors (Lipinski definition) is 3. The summed E-state index contributed by atoms with van der Waals surface area (Å²) in [4.78, 5) is 29.3. The summed E-state index contributed by atoms with van der Waals surface area (Å²) >= 11 is 6.26. The van der Waals surface area contributed by atoms with Crippen LogP contribution < -0.4 is 16.6 Å². The second-order valence-electron chi connectivity index (χ2n) is 6.21. The van der Waals surface area contributed by atoms with E-state index >= 15 is 0 Å². The lowest BCUT2D eigenvalue weighted by atomic mass is 10.2. The first-order valence-electron chi connectivity index (χ1n) is 8.27. The Bertz CT molecular complexity index is 1100. The second-order valence-corrected chi connectivity index (χ2v) is 6.62. The van der Waals surface area contributed by atoms with Crippen LogP contribution in [0.4, 0.5) is 5.95 Å². The molecule has 0 fully saturated rings. The quantitative estimate of drug-likeness (QED) is 0.539. The number of halogens is 1. The molecule has 3 rings (SSSR count). The molecule has 0 amide bonds. The minimum Gasteiger partial charge on any atom is -0.394 e. The Balaban J connectivity index is 2.22. The molecule has 0 spiro atoms. The van der Waals surface area contributed by atoms with Crippen molar-refractivity contribution >= 4 is 28.7 Å². The fourth-order valence-corrected chi connectivity index (χ4v) is 3.00. The van der Waals surface area contributed by atoms with Gasteiger partial charge >= 0.3 is 5.69 Å². The number of aromatic nitrogens is 4. The third kappa shape index (κ3) is 3.48. The van der Waals surface area contributed by atoms with Crippen molar-refractivity contribution in [1.29, 1.82) is 0 Å². The van der Waals surface area contributed by atoms with Gasteiger partial charge in [-0.2, -0.15) is 4.98 Å². The summed E-state index contributed by atoms with van der Waals surface area (Å²) in [6, 6.07) is 7.20. The molecule has 0 unspecified atom stereocenters. The number of nitrogens with one attached hydrogen (secondary N) is 1. The number of nitrogens with zero attached hydrogens (tertiary/aromatic N) is 4. The molecule has 10 heteroatoms. The summed E-state index contributed by atoms with van der Waals surface area (Å²) in [5.74, 6) is 0.288. The lowest BCUT2D eigenvalue weighted by molar-refractivity contribution is 0.105. The standard InChI is InChI=1S/C17H20ClN5O4/c1-21-14-13(15(26)22(2)17(21)27)23(8-10-5-3-4-6-12(10)18)16(20-14)19-7-11(25)9-24/h3-6,11,24-25H,7-9H2,1-2H3,(H,19,20)/t11-/m1/s1. The van der Waals surface area contributed by atoms with E-state index in [1.54, 1.807) is 16.7 Å². The maximum absolute atomic E-state index is 12.7. The van der Waals surface area contributed by atoms with Crippen LogP contribution in [-0.2, 0) is 20.6 Å². The normalized spacial score (nSPS) is 12.5. The molecule has 0 bridgehead atoms. The van der Waals surface area contributed by atoms with Gasteiger partial charge in [-0.3, -0.25) is 18.5 Å². The summed E-state index contributed by atoms with van der Waals surface area (Å²) in [6.07, 6.45) is -0.995. The molecule has 2 aromatic heterocycles. The number of benzene rings is 1. The lowest BCUT2D eigenvalue weighted by Gasteiger charge is -2.13. The first-order valence-corrected chi connectivity index (χ1v) is 8.65. The maximum atomic E-state index is 12.7. The van der Waals surface area contributed by atoms with Crippen molar-refractivity contribution in [3.05, 3.63) is 55.7 Å². The number of aliphatic hydroxyl groups excluding tert-OH is 2. The Labute approximate surface area is 159 Å². The zero-order valence-electron chi connectivity index (χ0n) is 14.9. The molecule has 0 saturated heterocycles. The van der Waals surface area contributed by atoms with Crippen molar-refractivity contribution in [1.82, 2.24) is 18.7 Å². The highest BCUT2D eigenvalue weighted by atomic mass is 35.5. The van der Waals surface area contributed by atoms with Crippen LogP contribution >= 0.6 is 11.6 Å². The summed E-state index contributed by atoms with van der Waals surface area (Å²) in [5.41, 5.74) is 0.247. The molecule has 0 aliphatic heterocycles. The Morgan fingerprint density at radius 3 is 2.59 bits per heavy atom. The topological polar surface area (TPSA) is 114 Å². The van der Waals surface area contributed by atoms with Crippen LogP contribution in [0.1, 0.15) is 5.56 Å². The van der Waals surface area contributed by atoms with Crippen molar-refractivity contribution in [2.45, 2.75) is 12.6 Å². The monoisotopic (exact) mass is 393 g/mol. The van der Waals surface area contributed by atoms with Crippen LogP contribution in [-0.4, -0.2) is 48.2 Å². The molecule has 0 saturated carbocycles. The Morgan fingerprint density at radius 2 is 1.93 bits per heavy atom. The fraction of sp³-hybridized carbons (Fsp3) is 0.353. The number of fused-ring (bicyclic) bond motifs is 1. The van der Waals surface area contributed by atoms with Crippen molar-refractivity contribution < 1.29 is 10.2 Å². The van der Waals surface area contributed by atoms with Crippen molar-refractivity contribution in [3.63, 3.8) is 0 Å². The van der Waals surface area contributed by atoms with Crippen LogP contribution in [0.5, 0.6) is 0 Å². The average Bonchev–Trinajstić information content (AvgIpc) is 3.03. The van der Waals surface area contributed by atoms with Gasteiger partial charge in [-0.25, -0.2) is 4.79 Å². The van der Waals surface area contributed by atoms with E-state index in [9.17, 15) is 14.7 Å². The maximum Gasteiger partial charge on any atom is 0.332 e. The van der Waals surface area contributed by atoms with E-state index in [1.165, 1.54) is 18.7 Å². The predicted octanol–water partition coefficient (Wildman–Crippen LogP) is -0.0995. The van der Waals surface area contributed by atoms with Gasteiger partial charge in [-0.05, 0) is 11.6 Å². The van der Waals surface area contributed by atoms with Crippen molar-refractivity contribution in [3.8, 4) is 0 Å². The number of hydrogen-bond acceptors (Lipinski definition) is 6. The van der Waals surface area contributed by atoms with Gasteiger partial charge in [0.15, 0.2) is 11.2 Å². The predicted molar refractivity (Wildman–Crippen MR) is 102 cm³/mol. The fourth-order valence-electron chi connectivity index (χ4n) is 2.81. The largest absolute Gasteiger partial charge is 0.394 e. The molecule has 0 aliphatic carbocycles. The van der Waals surface area contributed by atoms with E-state index in [2.05, 4.69) is 10.3 Å². The third-order valence-corrected chi connectivity index (χ3v) is 4.71. The number of aryl methyl sites for hydroxylation is 1. The Morgan fingerprint density at radius 1 is 1.22 bits per heavy atom. The van der Waals surface area contributed by atoms with Crippen molar-refractivity contribution in [2.24, 2.45) is 14.1 Å². The molecule has 9 nitrogen and oxygen atoms in total. The molecule has 3 N–H and O–H groups in total. The molecular formula is C17H20ClN5O4. The molecule has 0 radical (unpaired) electrons. The van der Waals surface area contributed by atoms with Crippen LogP contribution in [0.2, 0.25) is 5.02 Å². The summed E-state index contributed by atoms with van der Waals surface area (Å²) in [7, 11) is 2.93. The van der Waals surface area contributed by atoms with Crippen molar-refractivity contribution in [2.75, 3.05) is 18.5 Å². The third-order valence-electron chi connectivity index (χ3n) is 4.34. The molecule has 3 aromatic rings. The highest BCUT2D eigenvalue weighted by molar-refractivity contribution is 6.31. The van der Waals surface area contributed by atoms with Crippen LogP contribution in [0.15, 0.2) is 33.9 Å². The van der Waals surface area contributed by atoms with E-state index in [4.69, 9.17) is 16.7 Å². The first kappa shape index (κ1) is 19.2. The molecular weight excluding hydrogens is 374 g/mol. The van der Waals surface area contributed by atoms with E-state index in [0.717, 1.165) is 10.1 Å². The first-order chi connectivity index (χ1) is 12.8. The summed E-state index contributed by atoms with van der Waals surface area (Å²) < 4.78 is 3.91. The number of rotatable bonds is 6. The summed E-state index contributed by atoms with van der Waals surface area (Å²) in [5, 5.41) is 22.1. The highest BCUT2D eigenvalue weighted by Crippen LogP contribution is 2.22. The van der Waals surface area contributed by atoms with E-state index in [0.29, 0.717) is 5.02 Å². The van der Waals surface area contributed by atoms with Gasteiger partial charge in [-0.15, -0.1) is 0 Å². The average molecular weight is 394 g/mol. The van der Waals surface area contributed by atoms with Gasteiger partial charge in [0.1, 0.15) is 0 Å². The Kier molecular flexibility index (Phi) is 5.36. The van der Waals surface area contributed by atoms with E-state index in [1.807, 2.05) is 12.1 Å². The molecule has 1 atom stereocenters. The lowest BCUT2D eigenvalue weighted by Crippen LogP contribution is -2.37. The van der Waals surface area contributed by atoms with E-state index in [-0.39, 0.29) is 30.2 Å². The zero-order valence-corrected chi connectivity index (χ0v) is 15.6. The van der Waals surface area contributed by atoms with Crippen LogP contribution in [0.25, 0.3) is 11.2 Å².